The lowest BCUT2D eigenvalue weighted by atomic mass is 10.0. The zero-order valence-corrected chi connectivity index (χ0v) is 18.2. The van der Waals surface area contributed by atoms with Crippen LogP contribution in [0.5, 0.6) is 5.75 Å². The first-order valence-electron chi connectivity index (χ1n) is 9.57. The van der Waals surface area contributed by atoms with Crippen LogP contribution in [0.4, 0.5) is 10.6 Å². The average Bonchev–Trinajstić information content (AvgIpc) is 2.74. The monoisotopic (exact) mass is 457 g/mol. The fraction of sp³-hybridized carbons (Fsp3) is 0.182. The smallest absolute Gasteiger partial charge is 0.320 e. The van der Waals surface area contributed by atoms with Crippen LogP contribution in [0.3, 0.4) is 0 Å². The Balaban J connectivity index is 1.47. The largest absolute Gasteiger partial charge is 0.492 e. The number of rotatable bonds is 4. The minimum Gasteiger partial charge on any atom is -0.492 e. The van der Waals surface area contributed by atoms with Crippen molar-refractivity contribution < 1.29 is 17.9 Å². The summed E-state index contributed by atoms with van der Waals surface area (Å²) in [6, 6.07) is 16.5. The number of para-hydroxylation sites is 1. The van der Waals surface area contributed by atoms with Crippen molar-refractivity contribution in [2.45, 2.75) is 17.4 Å². The van der Waals surface area contributed by atoms with E-state index in [1.807, 2.05) is 12.1 Å². The normalized spacial score (nSPS) is 15.5. The van der Waals surface area contributed by atoms with E-state index in [9.17, 15) is 13.2 Å². The molecule has 2 aromatic carbocycles. The molecule has 7 nitrogen and oxygen atoms in total. The zero-order valence-electron chi connectivity index (χ0n) is 16.6. The van der Waals surface area contributed by atoms with Gasteiger partial charge < -0.3 is 10.1 Å². The maximum atomic E-state index is 12.6. The zero-order chi connectivity index (χ0) is 22.0. The van der Waals surface area contributed by atoms with E-state index in [2.05, 4.69) is 15.6 Å². The molecule has 2 heterocycles. The number of urea groups is 1. The van der Waals surface area contributed by atoms with Gasteiger partial charge in [0, 0.05) is 23.8 Å². The summed E-state index contributed by atoms with van der Waals surface area (Å²) in [7, 11) is -3.27. The summed E-state index contributed by atoms with van der Waals surface area (Å²) in [5.41, 5.74) is 2.19. The van der Waals surface area contributed by atoms with Gasteiger partial charge >= 0.3 is 6.03 Å². The Morgan fingerprint density at radius 3 is 2.58 bits per heavy atom. The van der Waals surface area contributed by atoms with Crippen LogP contribution in [0.15, 0.2) is 65.6 Å². The molecule has 1 aliphatic rings. The highest BCUT2D eigenvalue weighted by Gasteiger charge is 2.24. The molecule has 3 aromatic rings. The molecule has 0 saturated carbocycles. The van der Waals surface area contributed by atoms with Gasteiger partial charge in [-0.3, -0.25) is 5.32 Å². The molecule has 160 valence electrons. The number of carbonyl (C=O) groups is 1. The van der Waals surface area contributed by atoms with Crippen LogP contribution >= 0.6 is 11.6 Å². The van der Waals surface area contributed by atoms with Gasteiger partial charge in [-0.15, -0.1) is 0 Å². The van der Waals surface area contributed by atoms with Crippen molar-refractivity contribution in [3.05, 3.63) is 71.2 Å². The van der Waals surface area contributed by atoms with E-state index in [0.29, 0.717) is 35.3 Å². The van der Waals surface area contributed by atoms with E-state index in [0.717, 1.165) is 17.4 Å². The van der Waals surface area contributed by atoms with Gasteiger partial charge in [0.1, 0.15) is 11.6 Å². The lowest BCUT2D eigenvalue weighted by Crippen LogP contribution is -2.35. The molecule has 0 unspecified atom stereocenters. The average molecular weight is 458 g/mol. The van der Waals surface area contributed by atoms with Gasteiger partial charge in [-0.25, -0.2) is 18.2 Å². The van der Waals surface area contributed by atoms with E-state index in [1.165, 1.54) is 12.1 Å². The number of hydrogen-bond donors (Lipinski definition) is 2. The molecule has 0 radical (unpaired) electrons. The molecular weight excluding hydrogens is 438 g/mol. The highest BCUT2D eigenvalue weighted by atomic mass is 35.5. The third-order valence-corrected chi connectivity index (χ3v) is 6.33. The maximum Gasteiger partial charge on any atom is 0.320 e. The Morgan fingerprint density at radius 2 is 1.84 bits per heavy atom. The van der Waals surface area contributed by atoms with E-state index in [4.69, 9.17) is 16.3 Å². The van der Waals surface area contributed by atoms with Crippen LogP contribution in [-0.2, 0) is 9.84 Å². The Labute approximate surface area is 185 Å². The number of fused-ring (bicyclic) bond motifs is 1. The Kier molecular flexibility index (Phi) is 5.84. The van der Waals surface area contributed by atoms with Gasteiger partial charge in [0.25, 0.3) is 0 Å². The number of nitrogens with one attached hydrogen (secondary N) is 2. The highest BCUT2D eigenvalue weighted by molar-refractivity contribution is 7.90. The van der Waals surface area contributed by atoms with Crippen molar-refractivity contribution in [3.8, 4) is 17.0 Å². The van der Waals surface area contributed by atoms with Gasteiger partial charge in [0.2, 0.25) is 0 Å². The third kappa shape index (κ3) is 4.81. The summed E-state index contributed by atoms with van der Waals surface area (Å²) in [4.78, 5) is 17.3. The summed E-state index contributed by atoms with van der Waals surface area (Å²) in [5.74, 6) is 0.971. The van der Waals surface area contributed by atoms with Gasteiger partial charge in [-0.2, -0.15) is 0 Å². The van der Waals surface area contributed by atoms with Crippen molar-refractivity contribution in [3.63, 3.8) is 0 Å². The molecule has 1 aliphatic heterocycles. The van der Waals surface area contributed by atoms with Crippen LogP contribution in [0.1, 0.15) is 18.0 Å². The van der Waals surface area contributed by atoms with Crippen molar-refractivity contribution in [1.82, 2.24) is 10.3 Å². The summed E-state index contributed by atoms with van der Waals surface area (Å²) in [6.07, 6.45) is 1.79. The fourth-order valence-corrected chi connectivity index (χ4v) is 4.25. The number of nitrogens with zero attached hydrogens (tertiary/aromatic N) is 1. The summed E-state index contributed by atoms with van der Waals surface area (Å²) in [5, 5.41) is 6.20. The number of aromatic nitrogens is 1. The van der Waals surface area contributed by atoms with Crippen LogP contribution in [0.2, 0.25) is 5.02 Å². The standard InChI is InChI=1S/C22H20ClN3O4S/c1-31(28,29)15-10-8-14(9-11-15)18-6-3-7-20(24-18)26-22(27)25-19-12-13-30-21-16(19)4-2-5-17(21)23/h2-11,19H,12-13H2,1H3,(H2,24,25,26,27)/t19-/m0/s1. The first-order valence-corrected chi connectivity index (χ1v) is 11.8. The lowest BCUT2D eigenvalue weighted by Gasteiger charge is -2.27. The number of halogens is 1. The molecule has 1 atom stereocenters. The van der Waals surface area contributed by atoms with Crippen molar-refractivity contribution in [1.29, 1.82) is 0 Å². The Morgan fingerprint density at radius 1 is 1.10 bits per heavy atom. The summed E-state index contributed by atoms with van der Waals surface area (Å²) >= 11 is 6.19. The number of hydrogen-bond acceptors (Lipinski definition) is 5. The van der Waals surface area contributed by atoms with E-state index in [1.54, 1.807) is 36.4 Å². The molecule has 0 spiro atoms. The topological polar surface area (TPSA) is 97.4 Å². The minimum atomic E-state index is -3.27. The van der Waals surface area contributed by atoms with Crippen LogP contribution in [0.25, 0.3) is 11.3 Å². The number of ether oxygens (including phenoxy) is 1. The summed E-state index contributed by atoms with van der Waals surface area (Å²) in [6.45, 7) is 0.457. The highest BCUT2D eigenvalue weighted by Crippen LogP contribution is 2.37. The van der Waals surface area contributed by atoms with Crippen LogP contribution in [0, 0.1) is 0 Å². The lowest BCUT2D eigenvalue weighted by molar-refractivity contribution is 0.232. The minimum absolute atomic E-state index is 0.228. The first kappa shape index (κ1) is 21.1. The Bertz CT molecular complexity index is 1230. The predicted molar refractivity (Wildman–Crippen MR) is 119 cm³/mol. The van der Waals surface area contributed by atoms with Crippen molar-refractivity contribution in [2.75, 3.05) is 18.2 Å². The fourth-order valence-electron chi connectivity index (χ4n) is 3.39. The van der Waals surface area contributed by atoms with Crippen molar-refractivity contribution in [2.24, 2.45) is 0 Å². The molecule has 0 aliphatic carbocycles. The molecule has 4 rings (SSSR count). The van der Waals surface area contributed by atoms with Gasteiger partial charge in [-0.05, 0) is 30.3 Å². The number of sulfone groups is 1. The van der Waals surface area contributed by atoms with Crippen molar-refractivity contribution >= 4 is 33.3 Å². The SMILES string of the molecule is CS(=O)(=O)c1ccc(-c2cccc(NC(=O)N[C@H]3CCOc4c(Cl)cccc43)n2)cc1. The molecule has 0 bridgehead atoms. The van der Waals surface area contributed by atoms with Gasteiger partial charge in [0.05, 0.1) is 28.3 Å². The number of carbonyl (C=O) groups excluding carboxylic acids is 1. The van der Waals surface area contributed by atoms with Crippen LogP contribution in [-0.4, -0.2) is 32.3 Å². The second-order valence-electron chi connectivity index (χ2n) is 7.15. The summed E-state index contributed by atoms with van der Waals surface area (Å²) < 4.78 is 28.9. The second-order valence-corrected chi connectivity index (χ2v) is 9.57. The molecule has 1 aromatic heterocycles. The van der Waals surface area contributed by atoms with E-state index < -0.39 is 15.9 Å². The van der Waals surface area contributed by atoms with Gasteiger partial charge in [0.15, 0.2) is 9.84 Å². The van der Waals surface area contributed by atoms with E-state index >= 15 is 0 Å². The molecule has 2 N–H and O–H groups in total. The molecule has 0 fully saturated rings. The third-order valence-electron chi connectivity index (χ3n) is 4.90. The number of anilines is 1. The molecular formula is C22H20ClN3O4S. The van der Waals surface area contributed by atoms with E-state index in [-0.39, 0.29) is 10.9 Å². The first-order chi connectivity index (χ1) is 14.8. The number of pyridine rings is 1. The molecule has 9 heteroatoms. The molecule has 31 heavy (non-hydrogen) atoms. The predicted octanol–water partition coefficient (Wildman–Crippen LogP) is 4.45. The molecule has 2 amide bonds. The second kappa shape index (κ2) is 8.56. The number of amides is 2. The Hall–Kier alpha value is -3.10. The molecule has 0 saturated heterocycles. The maximum absolute atomic E-state index is 12.6. The quantitative estimate of drug-likeness (QED) is 0.603. The van der Waals surface area contributed by atoms with Gasteiger partial charge in [-0.1, -0.05) is 41.9 Å². The number of benzene rings is 2. The van der Waals surface area contributed by atoms with Crippen LogP contribution < -0.4 is 15.4 Å².